The van der Waals surface area contributed by atoms with Crippen LogP contribution in [0.1, 0.15) is 20.1 Å². The highest BCUT2D eigenvalue weighted by Crippen LogP contribution is 2.17. The molecule has 0 saturated carbocycles. The molecule has 2 aromatic rings. The van der Waals surface area contributed by atoms with E-state index in [1.807, 2.05) is 31.2 Å². The first-order valence-electron chi connectivity index (χ1n) is 4.74. The first-order valence-corrected chi connectivity index (χ1v) is 5.56. The van der Waals surface area contributed by atoms with Gasteiger partial charge in [0, 0.05) is 23.7 Å². The number of thiophene rings is 1. The molecule has 0 bridgehead atoms. The van der Waals surface area contributed by atoms with Crippen molar-refractivity contribution in [3.8, 4) is 0 Å². The number of carbonyl (C=O) groups excluding carboxylic acids is 1. The van der Waals surface area contributed by atoms with Crippen molar-refractivity contribution in [1.82, 2.24) is 4.98 Å². The second-order valence-electron chi connectivity index (χ2n) is 3.37. The Hall–Kier alpha value is -1.48. The van der Waals surface area contributed by atoms with Crippen LogP contribution < -0.4 is 0 Å². The Kier molecular flexibility index (Phi) is 2.92. The van der Waals surface area contributed by atoms with Crippen molar-refractivity contribution in [1.29, 1.82) is 0 Å². The zero-order valence-corrected chi connectivity index (χ0v) is 9.25. The SMILES string of the molecule is Cc1ccc(C(=O)Cc2ccncc2)s1. The van der Waals surface area contributed by atoms with Crippen LogP contribution in [0.5, 0.6) is 0 Å². The van der Waals surface area contributed by atoms with Gasteiger partial charge in [-0.15, -0.1) is 11.3 Å². The van der Waals surface area contributed by atoms with Crippen LogP contribution in [-0.4, -0.2) is 10.8 Å². The van der Waals surface area contributed by atoms with Crippen molar-refractivity contribution in [2.75, 3.05) is 0 Å². The second-order valence-corrected chi connectivity index (χ2v) is 4.65. The standard InChI is InChI=1S/C12H11NOS/c1-9-2-3-12(15-9)11(14)8-10-4-6-13-7-5-10/h2-7H,8H2,1H3. The normalized spacial score (nSPS) is 10.2. The fourth-order valence-electron chi connectivity index (χ4n) is 1.36. The number of hydrogen-bond donors (Lipinski definition) is 0. The molecule has 2 aromatic heterocycles. The molecule has 0 fully saturated rings. The summed E-state index contributed by atoms with van der Waals surface area (Å²) in [5.41, 5.74) is 1.01. The van der Waals surface area contributed by atoms with Gasteiger partial charge in [0.25, 0.3) is 0 Å². The highest BCUT2D eigenvalue weighted by molar-refractivity contribution is 7.14. The number of nitrogens with zero attached hydrogens (tertiary/aromatic N) is 1. The van der Waals surface area contributed by atoms with E-state index in [4.69, 9.17) is 0 Å². The molecule has 2 rings (SSSR count). The molecular formula is C12H11NOS. The fraction of sp³-hybridized carbons (Fsp3) is 0.167. The fourth-order valence-corrected chi connectivity index (χ4v) is 2.16. The van der Waals surface area contributed by atoms with Crippen LogP contribution in [0.25, 0.3) is 0 Å². The van der Waals surface area contributed by atoms with Gasteiger partial charge in [0.1, 0.15) is 0 Å². The summed E-state index contributed by atoms with van der Waals surface area (Å²) >= 11 is 1.55. The molecule has 0 unspecified atom stereocenters. The largest absolute Gasteiger partial charge is 0.293 e. The van der Waals surface area contributed by atoms with Gasteiger partial charge in [-0.1, -0.05) is 0 Å². The summed E-state index contributed by atoms with van der Waals surface area (Å²) < 4.78 is 0. The van der Waals surface area contributed by atoms with Crippen molar-refractivity contribution in [3.63, 3.8) is 0 Å². The van der Waals surface area contributed by atoms with E-state index in [9.17, 15) is 4.79 Å². The number of Topliss-reactive ketones (excluding diaryl/α,β-unsaturated/α-hetero) is 1. The molecule has 2 nitrogen and oxygen atoms in total. The van der Waals surface area contributed by atoms with E-state index in [-0.39, 0.29) is 5.78 Å². The first kappa shape index (κ1) is 10.1. The monoisotopic (exact) mass is 217 g/mol. The topological polar surface area (TPSA) is 30.0 Å². The third-order valence-corrected chi connectivity index (χ3v) is 3.17. The number of aryl methyl sites for hydroxylation is 1. The van der Waals surface area contributed by atoms with Crippen LogP contribution in [-0.2, 0) is 6.42 Å². The van der Waals surface area contributed by atoms with Crippen molar-refractivity contribution < 1.29 is 4.79 Å². The maximum Gasteiger partial charge on any atom is 0.177 e. The van der Waals surface area contributed by atoms with Gasteiger partial charge in [-0.3, -0.25) is 9.78 Å². The van der Waals surface area contributed by atoms with E-state index >= 15 is 0 Å². The highest BCUT2D eigenvalue weighted by atomic mass is 32.1. The number of aromatic nitrogens is 1. The molecule has 2 heterocycles. The van der Waals surface area contributed by atoms with Gasteiger partial charge >= 0.3 is 0 Å². The summed E-state index contributed by atoms with van der Waals surface area (Å²) in [5.74, 6) is 0.180. The van der Waals surface area contributed by atoms with E-state index in [0.29, 0.717) is 6.42 Å². The van der Waals surface area contributed by atoms with Crippen LogP contribution in [0.4, 0.5) is 0 Å². The highest BCUT2D eigenvalue weighted by Gasteiger charge is 2.08. The van der Waals surface area contributed by atoms with Crippen LogP contribution >= 0.6 is 11.3 Å². The van der Waals surface area contributed by atoms with Crippen LogP contribution in [0.2, 0.25) is 0 Å². The first-order chi connectivity index (χ1) is 7.25. The minimum atomic E-state index is 0.180. The molecule has 0 N–H and O–H groups in total. The average Bonchev–Trinajstić information content (AvgIpc) is 2.66. The third kappa shape index (κ3) is 2.50. The number of carbonyl (C=O) groups is 1. The molecule has 0 spiro atoms. The molecule has 0 radical (unpaired) electrons. The summed E-state index contributed by atoms with van der Waals surface area (Å²) in [6.07, 6.45) is 3.88. The van der Waals surface area contributed by atoms with Crippen LogP contribution in [0.3, 0.4) is 0 Å². The molecule has 0 atom stereocenters. The lowest BCUT2D eigenvalue weighted by molar-refractivity contribution is 0.0997. The minimum Gasteiger partial charge on any atom is -0.293 e. The van der Waals surface area contributed by atoms with E-state index in [0.717, 1.165) is 10.4 Å². The lowest BCUT2D eigenvalue weighted by Gasteiger charge is -1.97. The molecule has 0 amide bonds. The van der Waals surface area contributed by atoms with Crippen molar-refractivity contribution >= 4 is 17.1 Å². The third-order valence-electron chi connectivity index (χ3n) is 2.13. The Morgan fingerprint density at radius 3 is 2.60 bits per heavy atom. The molecule has 0 aromatic carbocycles. The predicted octanol–water partition coefficient (Wildman–Crippen LogP) is 2.88. The second kappa shape index (κ2) is 4.36. The van der Waals surface area contributed by atoms with Gasteiger partial charge in [-0.2, -0.15) is 0 Å². The zero-order valence-electron chi connectivity index (χ0n) is 8.43. The smallest absolute Gasteiger partial charge is 0.177 e. The van der Waals surface area contributed by atoms with Gasteiger partial charge in [-0.05, 0) is 36.8 Å². The van der Waals surface area contributed by atoms with Crippen molar-refractivity contribution in [2.24, 2.45) is 0 Å². The summed E-state index contributed by atoms with van der Waals surface area (Å²) in [5, 5.41) is 0. The Balaban J connectivity index is 2.11. The summed E-state index contributed by atoms with van der Waals surface area (Å²) in [6.45, 7) is 2.01. The van der Waals surface area contributed by atoms with Crippen LogP contribution in [0, 0.1) is 6.92 Å². The molecule has 3 heteroatoms. The van der Waals surface area contributed by atoms with E-state index < -0.39 is 0 Å². The quantitative estimate of drug-likeness (QED) is 0.740. The molecule has 0 aliphatic carbocycles. The number of hydrogen-bond acceptors (Lipinski definition) is 3. The van der Waals surface area contributed by atoms with E-state index in [2.05, 4.69) is 4.98 Å². The van der Waals surface area contributed by atoms with Gasteiger partial charge in [0.15, 0.2) is 5.78 Å². The summed E-state index contributed by atoms with van der Waals surface area (Å²) in [4.78, 5) is 17.7. The minimum absolute atomic E-state index is 0.180. The lowest BCUT2D eigenvalue weighted by atomic mass is 10.1. The van der Waals surface area contributed by atoms with Crippen molar-refractivity contribution in [3.05, 3.63) is 52.0 Å². The Morgan fingerprint density at radius 2 is 2.00 bits per heavy atom. The maximum absolute atomic E-state index is 11.8. The molecule has 0 saturated heterocycles. The Bertz CT molecular complexity index is 461. The molecule has 0 aliphatic rings. The summed E-state index contributed by atoms with van der Waals surface area (Å²) in [6, 6.07) is 7.62. The van der Waals surface area contributed by atoms with Gasteiger partial charge in [0.2, 0.25) is 0 Å². The average molecular weight is 217 g/mol. The van der Waals surface area contributed by atoms with Crippen molar-refractivity contribution in [2.45, 2.75) is 13.3 Å². The summed E-state index contributed by atoms with van der Waals surface area (Å²) in [7, 11) is 0. The predicted molar refractivity (Wildman–Crippen MR) is 61.3 cm³/mol. The molecular weight excluding hydrogens is 206 g/mol. The Morgan fingerprint density at radius 1 is 1.27 bits per heavy atom. The van der Waals surface area contributed by atoms with Gasteiger partial charge < -0.3 is 0 Å². The van der Waals surface area contributed by atoms with E-state index in [1.165, 1.54) is 4.88 Å². The number of pyridine rings is 1. The molecule has 15 heavy (non-hydrogen) atoms. The number of ketones is 1. The van der Waals surface area contributed by atoms with Gasteiger partial charge in [0.05, 0.1) is 4.88 Å². The Labute approximate surface area is 92.6 Å². The zero-order chi connectivity index (χ0) is 10.7. The van der Waals surface area contributed by atoms with E-state index in [1.54, 1.807) is 23.7 Å². The maximum atomic E-state index is 11.8. The number of rotatable bonds is 3. The molecule has 76 valence electrons. The van der Waals surface area contributed by atoms with Crippen LogP contribution in [0.15, 0.2) is 36.7 Å². The lowest BCUT2D eigenvalue weighted by Crippen LogP contribution is -2.00. The van der Waals surface area contributed by atoms with Gasteiger partial charge in [-0.25, -0.2) is 0 Å². The molecule has 0 aliphatic heterocycles.